The first-order valence-electron chi connectivity index (χ1n) is 7.48. The zero-order valence-corrected chi connectivity index (χ0v) is 14.0. The zero-order valence-electron chi connectivity index (χ0n) is 14.0. The van der Waals surface area contributed by atoms with Gasteiger partial charge in [-0.2, -0.15) is 0 Å². The largest absolute Gasteiger partial charge is 0.482 e. The monoisotopic (exact) mass is 392 g/mol. The average Bonchev–Trinajstić information content (AvgIpc) is 2.64. The second kappa shape index (κ2) is 8.93. The van der Waals surface area contributed by atoms with Gasteiger partial charge in [0.25, 0.3) is 0 Å². The van der Waals surface area contributed by atoms with Crippen molar-refractivity contribution in [3.05, 3.63) is 62.7 Å². The fraction of sp³-hybridized carbons (Fsp3) is 0.125. The normalized spacial score (nSPS) is 10.0. The summed E-state index contributed by atoms with van der Waals surface area (Å²) < 4.78 is 14.9. The van der Waals surface area contributed by atoms with E-state index in [4.69, 9.17) is 19.3 Å². The van der Waals surface area contributed by atoms with Crippen LogP contribution in [-0.4, -0.2) is 40.1 Å². The van der Waals surface area contributed by atoms with Crippen molar-refractivity contribution in [3.63, 3.8) is 0 Å². The summed E-state index contributed by atoms with van der Waals surface area (Å²) in [6.45, 7) is -1.23. The van der Waals surface area contributed by atoms with Crippen molar-refractivity contribution >= 4 is 23.3 Å². The van der Waals surface area contributed by atoms with Crippen LogP contribution in [0.3, 0.4) is 0 Å². The van der Waals surface area contributed by atoms with Crippen LogP contribution >= 0.6 is 0 Å². The predicted octanol–water partition coefficient (Wildman–Crippen LogP) is 1.95. The topological polar surface area (TPSA) is 168 Å². The third-order valence-corrected chi connectivity index (χ3v) is 3.11. The molecule has 2 aromatic carbocycles. The van der Waals surface area contributed by atoms with Gasteiger partial charge in [0.2, 0.25) is 5.75 Å². The third-order valence-electron chi connectivity index (χ3n) is 3.11. The van der Waals surface area contributed by atoms with Gasteiger partial charge in [0, 0.05) is 12.1 Å². The Bertz CT molecular complexity index is 927. The summed E-state index contributed by atoms with van der Waals surface area (Å²) in [6.07, 6.45) is 0. The van der Waals surface area contributed by atoms with Crippen LogP contribution in [-0.2, 0) is 9.59 Å². The van der Waals surface area contributed by atoms with Crippen molar-refractivity contribution in [3.8, 4) is 17.2 Å². The molecule has 0 amide bonds. The molecule has 0 bridgehead atoms. The first-order chi connectivity index (χ1) is 13.3. The summed E-state index contributed by atoms with van der Waals surface area (Å²) in [5.74, 6) is -2.48. The number of carboxylic acids is 1. The van der Waals surface area contributed by atoms with Gasteiger partial charge in [0.15, 0.2) is 13.2 Å². The highest BCUT2D eigenvalue weighted by molar-refractivity contribution is 5.76. The Hall–Kier alpha value is -4.22. The van der Waals surface area contributed by atoms with Crippen LogP contribution in [0.15, 0.2) is 42.5 Å². The minimum Gasteiger partial charge on any atom is -0.482 e. The third kappa shape index (κ3) is 5.39. The molecular formula is C16H12N2O10. The van der Waals surface area contributed by atoms with Crippen LogP contribution in [0, 0.1) is 20.2 Å². The number of nitro benzene ring substituents is 2. The maximum Gasteiger partial charge on any atom is 0.388 e. The van der Waals surface area contributed by atoms with Gasteiger partial charge in [-0.15, -0.1) is 0 Å². The summed E-state index contributed by atoms with van der Waals surface area (Å²) in [4.78, 5) is 42.4. The van der Waals surface area contributed by atoms with Crippen LogP contribution in [0.5, 0.6) is 17.2 Å². The van der Waals surface area contributed by atoms with Gasteiger partial charge in [-0.25, -0.2) is 9.59 Å². The molecule has 0 aliphatic rings. The number of nitrogens with zero attached hydrogens (tertiary/aromatic N) is 2. The van der Waals surface area contributed by atoms with Gasteiger partial charge in [-0.1, -0.05) is 12.1 Å². The number of carbonyl (C=O) groups excluding carboxylic acids is 1. The molecule has 12 heteroatoms. The number of aliphatic carboxylic acids is 1. The Kier molecular flexibility index (Phi) is 6.41. The molecule has 0 aromatic heterocycles. The quantitative estimate of drug-likeness (QED) is 0.288. The van der Waals surface area contributed by atoms with E-state index >= 15 is 0 Å². The van der Waals surface area contributed by atoms with E-state index < -0.39 is 52.1 Å². The van der Waals surface area contributed by atoms with E-state index in [0.29, 0.717) is 0 Å². The molecule has 0 heterocycles. The number of esters is 1. The molecule has 0 radical (unpaired) electrons. The highest BCUT2D eigenvalue weighted by Crippen LogP contribution is 2.36. The maximum atomic E-state index is 11.9. The SMILES string of the molecule is O=C(O)COc1cccc(OCC(=O)Oc2cccc([N+](=O)[O-])c2[N+](=O)[O-])c1. The van der Waals surface area contributed by atoms with Crippen LogP contribution in [0.4, 0.5) is 11.4 Å². The smallest absolute Gasteiger partial charge is 0.388 e. The molecule has 0 fully saturated rings. The van der Waals surface area contributed by atoms with Gasteiger partial charge in [-0.3, -0.25) is 20.2 Å². The molecule has 0 aliphatic carbocycles. The number of carboxylic acid groups (broad SMARTS) is 1. The highest BCUT2D eigenvalue weighted by atomic mass is 16.6. The molecule has 0 atom stereocenters. The van der Waals surface area contributed by atoms with Crippen molar-refractivity contribution in [1.82, 2.24) is 0 Å². The van der Waals surface area contributed by atoms with Crippen molar-refractivity contribution in [2.45, 2.75) is 0 Å². The molecule has 2 rings (SSSR count). The Morgan fingerprint density at radius 2 is 1.54 bits per heavy atom. The molecule has 0 saturated carbocycles. The second-order valence-corrected chi connectivity index (χ2v) is 5.06. The number of ether oxygens (including phenoxy) is 3. The minimum absolute atomic E-state index is 0.147. The Labute approximate surface area is 156 Å². The first kappa shape index (κ1) is 20.1. The number of rotatable bonds is 9. The van der Waals surface area contributed by atoms with E-state index in [0.717, 1.165) is 18.2 Å². The lowest BCUT2D eigenvalue weighted by atomic mass is 10.2. The van der Waals surface area contributed by atoms with E-state index in [2.05, 4.69) is 0 Å². The molecule has 0 saturated heterocycles. The van der Waals surface area contributed by atoms with Crippen molar-refractivity contribution < 1.29 is 38.8 Å². The number of hydrogen-bond acceptors (Lipinski definition) is 9. The number of carbonyl (C=O) groups is 2. The fourth-order valence-electron chi connectivity index (χ4n) is 2.02. The van der Waals surface area contributed by atoms with Gasteiger partial charge in [-0.05, 0) is 18.2 Å². The number of benzene rings is 2. The van der Waals surface area contributed by atoms with Crippen LogP contribution < -0.4 is 14.2 Å². The van der Waals surface area contributed by atoms with Crippen LogP contribution in [0.25, 0.3) is 0 Å². The summed E-state index contributed by atoms with van der Waals surface area (Å²) >= 11 is 0. The summed E-state index contributed by atoms with van der Waals surface area (Å²) in [7, 11) is 0. The van der Waals surface area contributed by atoms with Crippen molar-refractivity contribution in [2.75, 3.05) is 13.2 Å². The summed E-state index contributed by atoms with van der Waals surface area (Å²) in [6, 6.07) is 8.84. The van der Waals surface area contributed by atoms with E-state index in [1.807, 2.05) is 0 Å². The van der Waals surface area contributed by atoms with E-state index in [1.165, 1.54) is 24.3 Å². The second-order valence-electron chi connectivity index (χ2n) is 5.06. The number of hydrogen-bond donors (Lipinski definition) is 1. The maximum absolute atomic E-state index is 11.9. The molecule has 2 aromatic rings. The summed E-state index contributed by atoms with van der Waals surface area (Å²) in [5.41, 5.74) is -1.77. The molecule has 12 nitrogen and oxygen atoms in total. The van der Waals surface area contributed by atoms with Gasteiger partial charge in [0.1, 0.15) is 11.5 Å². The van der Waals surface area contributed by atoms with Crippen LogP contribution in [0.1, 0.15) is 0 Å². The number of para-hydroxylation sites is 1. The molecule has 0 unspecified atom stereocenters. The minimum atomic E-state index is -1.17. The van der Waals surface area contributed by atoms with E-state index in [1.54, 1.807) is 0 Å². The fourth-order valence-corrected chi connectivity index (χ4v) is 2.02. The van der Waals surface area contributed by atoms with Gasteiger partial charge in [0.05, 0.1) is 9.85 Å². The molecule has 0 aliphatic heterocycles. The highest BCUT2D eigenvalue weighted by Gasteiger charge is 2.30. The number of nitro groups is 2. The summed E-state index contributed by atoms with van der Waals surface area (Å²) in [5, 5.41) is 30.5. The van der Waals surface area contributed by atoms with Crippen LogP contribution in [0.2, 0.25) is 0 Å². The molecule has 28 heavy (non-hydrogen) atoms. The zero-order chi connectivity index (χ0) is 20.7. The average molecular weight is 392 g/mol. The van der Waals surface area contributed by atoms with Crippen molar-refractivity contribution in [1.29, 1.82) is 0 Å². The van der Waals surface area contributed by atoms with E-state index in [9.17, 15) is 29.8 Å². The molecule has 1 N–H and O–H groups in total. The Morgan fingerprint density at radius 3 is 2.11 bits per heavy atom. The molecular weight excluding hydrogens is 380 g/mol. The first-order valence-corrected chi connectivity index (χ1v) is 7.48. The standard InChI is InChI=1S/C16H12N2O10/c19-14(20)8-26-10-3-1-4-11(7-10)27-9-15(21)28-13-6-2-5-12(17(22)23)16(13)18(24)25/h1-7H,8-9H2,(H,19,20). The van der Waals surface area contributed by atoms with Gasteiger partial charge >= 0.3 is 23.3 Å². The van der Waals surface area contributed by atoms with Gasteiger partial charge < -0.3 is 19.3 Å². The molecule has 0 spiro atoms. The van der Waals surface area contributed by atoms with E-state index in [-0.39, 0.29) is 11.5 Å². The lowest BCUT2D eigenvalue weighted by molar-refractivity contribution is -0.423. The predicted molar refractivity (Wildman–Crippen MR) is 90.5 cm³/mol. The molecule has 146 valence electrons. The lowest BCUT2D eigenvalue weighted by Crippen LogP contribution is -2.18. The van der Waals surface area contributed by atoms with Crippen molar-refractivity contribution in [2.24, 2.45) is 0 Å². The Morgan fingerprint density at radius 1 is 0.929 bits per heavy atom. The lowest BCUT2D eigenvalue weighted by Gasteiger charge is -2.09. The Balaban J connectivity index is 2.05.